The standard InChI is InChI=1S/C30H37N5O2/c1-5-24(4)35(30(37)26-10-7-6-9-23(26)3)21-29(36)34-18-8-17-33(19-20-34)28-16-15-27(31-32-28)25-13-11-22(2)12-14-25/h6-7,9-16,24H,5,8,17-21H2,1-4H3/t24-/m0/s1. The molecule has 2 amide bonds. The van der Waals surface area contributed by atoms with Crippen LogP contribution in [-0.2, 0) is 4.79 Å². The van der Waals surface area contributed by atoms with Crippen LogP contribution in [0.5, 0.6) is 0 Å². The van der Waals surface area contributed by atoms with E-state index in [1.165, 1.54) is 5.56 Å². The van der Waals surface area contributed by atoms with Crippen LogP contribution in [0.1, 0.15) is 48.2 Å². The van der Waals surface area contributed by atoms with E-state index in [1.54, 1.807) is 4.90 Å². The lowest BCUT2D eigenvalue weighted by Crippen LogP contribution is -2.47. The number of hydrogen-bond acceptors (Lipinski definition) is 5. The van der Waals surface area contributed by atoms with Gasteiger partial charge in [-0.15, -0.1) is 10.2 Å². The molecule has 1 fully saturated rings. The maximum Gasteiger partial charge on any atom is 0.254 e. The average molecular weight is 500 g/mol. The number of carbonyl (C=O) groups is 2. The topological polar surface area (TPSA) is 69.6 Å². The second-order valence-electron chi connectivity index (χ2n) is 9.87. The van der Waals surface area contributed by atoms with Crippen molar-refractivity contribution in [1.82, 2.24) is 20.0 Å². The Morgan fingerprint density at radius 3 is 2.35 bits per heavy atom. The predicted molar refractivity (Wildman–Crippen MR) is 148 cm³/mol. The molecule has 37 heavy (non-hydrogen) atoms. The minimum Gasteiger partial charge on any atom is -0.353 e. The monoisotopic (exact) mass is 499 g/mol. The highest BCUT2D eigenvalue weighted by molar-refractivity contribution is 5.98. The highest BCUT2D eigenvalue weighted by Gasteiger charge is 2.27. The van der Waals surface area contributed by atoms with Crippen LogP contribution >= 0.6 is 0 Å². The van der Waals surface area contributed by atoms with Crippen molar-refractivity contribution < 1.29 is 9.59 Å². The van der Waals surface area contributed by atoms with Gasteiger partial charge in [-0.2, -0.15) is 0 Å². The van der Waals surface area contributed by atoms with Crippen LogP contribution in [0.3, 0.4) is 0 Å². The largest absolute Gasteiger partial charge is 0.353 e. The highest BCUT2D eigenvalue weighted by atomic mass is 16.2. The Morgan fingerprint density at radius 1 is 0.919 bits per heavy atom. The fraction of sp³-hybridized carbons (Fsp3) is 0.400. The Kier molecular flexibility index (Phi) is 8.54. The van der Waals surface area contributed by atoms with Crippen molar-refractivity contribution >= 4 is 17.6 Å². The maximum absolute atomic E-state index is 13.4. The summed E-state index contributed by atoms with van der Waals surface area (Å²) in [7, 11) is 0. The van der Waals surface area contributed by atoms with E-state index in [-0.39, 0.29) is 24.4 Å². The fourth-order valence-electron chi connectivity index (χ4n) is 4.63. The Labute approximate surface area is 220 Å². The van der Waals surface area contributed by atoms with Crippen LogP contribution in [0, 0.1) is 13.8 Å². The zero-order valence-corrected chi connectivity index (χ0v) is 22.4. The van der Waals surface area contributed by atoms with Gasteiger partial charge in [-0.3, -0.25) is 9.59 Å². The third-order valence-corrected chi connectivity index (χ3v) is 7.24. The van der Waals surface area contributed by atoms with Crippen molar-refractivity contribution in [2.75, 3.05) is 37.6 Å². The normalized spacial score (nSPS) is 14.7. The van der Waals surface area contributed by atoms with Gasteiger partial charge in [0.1, 0.15) is 6.54 Å². The summed E-state index contributed by atoms with van der Waals surface area (Å²) in [6.07, 6.45) is 1.62. The molecule has 0 bridgehead atoms. The molecule has 7 heteroatoms. The molecule has 2 aromatic carbocycles. The van der Waals surface area contributed by atoms with Gasteiger partial charge in [0.15, 0.2) is 5.82 Å². The number of aromatic nitrogens is 2. The van der Waals surface area contributed by atoms with Crippen LogP contribution < -0.4 is 4.90 Å². The minimum absolute atomic E-state index is 0.00936. The second kappa shape index (κ2) is 12.0. The molecule has 1 saturated heterocycles. The van der Waals surface area contributed by atoms with Crippen LogP contribution in [0.2, 0.25) is 0 Å². The van der Waals surface area contributed by atoms with E-state index >= 15 is 0 Å². The third-order valence-electron chi connectivity index (χ3n) is 7.24. The van der Waals surface area contributed by atoms with E-state index in [4.69, 9.17) is 0 Å². The SMILES string of the molecule is CC[C@H](C)N(CC(=O)N1CCCN(c2ccc(-c3ccc(C)cc3)nn2)CC1)C(=O)c1ccccc1C. The minimum atomic E-state index is -0.0822. The molecular formula is C30H37N5O2. The van der Waals surface area contributed by atoms with Gasteiger partial charge in [0.2, 0.25) is 5.91 Å². The lowest BCUT2D eigenvalue weighted by Gasteiger charge is -2.31. The lowest BCUT2D eigenvalue weighted by atomic mass is 10.1. The zero-order valence-electron chi connectivity index (χ0n) is 22.4. The molecule has 0 spiro atoms. The number of hydrogen-bond donors (Lipinski definition) is 0. The number of anilines is 1. The maximum atomic E-state index is 13.4. The van der Waals surface area contributed by atoms with Crippen LogP contribution in [0.25, 0.3) is 11.3 Å². The van der Waals surface area contributed by atoms with Crippen molar-refractivity contribution in [1.29, 1.82) is 0 Å². The number of amides is 2. The van der Waals surface area contributed by atoms with Gasteiger partial charge in [0.25, 0.3) is 5.91 Å². The summed E-state index contributed by atoms with van der Waals surface area (Å²) in [6, 6.07) is 19.8. The van der Waals surface area contributed by atoms with E-state index in [0.29, 0.717) is 25.2 Å². The van der Waals surface area contributed by atoms with E-state index in [0.717, 1.165) is 42.0 Å². The molecule has 0 radical (unpaired) electrons. The first-order valence-corrected chi connectivity index (χ1v) is 13.2. The third kappa shape index (κ3) is 6.34. The quantitative estimate of drug-likeness (QED) is 0.470. The molecule has 4 rings (SSSR count). The van der Waals surface area contributed by atoms with Crippen molar-refractivity contribution in [2.24, 2.45) is 0 Å². The summed E-state index contributed by atoms with van der Waals surface area (Å²) in [6.45, 7) is 10.9. The summed E-state index contributed by atoms with van der Waals surface area (Å²) in [5.41, 5.74) is 4.68. The van der Waals surface area contributed by atoms with Crippen molar-refractivity contribution in [3.8, 4) is 11.3 Å². The molecule has 1 aromatic heterocycles. The van der Waals surface area contributed by atoms with Crippen molar-refractivity contribution in [3.05, 3.63) is 77.4 Å². The number of nitrogens with zero attached hydrogens (tertiary/aromatic N) is 5. The number of aryl methyl sites for hydroxylation is 2. The molecule has 1 atom stereocenters. The van der Waals surface area contributed by atoms with E-state index in [2.05, 4.69) is 46.3 Å². The molecule has 0 aliphatic carbocycles. The van der Waals surface area contributed by atoms with Gasteiger partial charge < -0.3 is 14.7 Å². The van der Waals surface area contributed by atoms with E-state index < -0.39 is 0 Å². The molecule has 3 aromatic rings. The first-order valence-electron chi connectivity index (χ1n) is 13.2. The molecule has 1 aliphatic rings. The predicted octanol–water partition coefficient (Wildman–Crippen LogP) is 4.74. The first kappa shape index (κ1) is 26.3. The molecule has 194 valence electrons. The Morgan fingerprint density at radius 2 is 1.68 bits per heavy atom. The molecule has 0 saturated carbocycles. The van der Waals surface area contributed by atoms with Gasteiger partial charge in [-0.05, 0) is 57.4 Å². The number of benzene rings is 2. The summed E-state index contributed by atoms with van der Waals surface area (Å²) < 4.78 is 0. The second-order valence-corrected chi connectivity index (χ2v) is 9.87. The molecule has 1 aliphatic heterocycles. The average Bonchev–Trinajstić information content (AvgIpc) is 3.18. The van der Waals surface area contributed by atoms with E-state index in [9.17, 15) is 9.59 Å². The van der Waals surface area contributed by atoms with Crippen LogP contribution in [0.4, 0.5) is 5.82 Å². The van der Waals surface area contributed by atoms with Crippen molar-refractivity contribution in [3.63, 3.8) is 0 Å². The van der Waals surface area contributed by atoms with Gasteiger partial charge in [0, 0.05) is 43.3 Å². The molecule has 2 heterocycles. The van der Waals surface area contributed by atoms with Gasteiger partial charge in [0.05, 0.1) is 5.69 Å². The van der Waals surface area contributed by atoms with Crippen LogP contribution in [-0.4, -0.2) is 70.6 Å². The molecule has 7 nitrogen and oxygen atoms in total. The fourth-order valence-corrected chi connectivity index (χ4v) is 4.63. The molecule has 0 unspecified atom stereocenters. The first-order chi connectivity index (χ1) is 17.9. The Hall–Kier alpha value is -3.74. The smallest absolute Gasteiger partial charge is 0.254 e. The van der Waals surface area contributed by atoms with Gasteiger partial charge in [-0.25, -0.2) is 0 Å². The Bertz CT molecular complexity index is 1210. The summed E-state index contributed by atoms with van der Waals surface area (Å²) in [5.74, 6) is 0.729. The van der Waals surface area contributed by atoms with Gasteiger partial charge >= 0.3 is 0 Å². The number of rotatable bonds is 7. The molecule has 0 N–H and O–H groups in total. The summed E-state index contributed by atoms with van der Waals surface area (Å²) in [5, 5.41) is 8.93. The highest BCUT2D eigenvalue weighted by Crippen LogP contribution is 2.20. The zero-order chi connectivity index (χ0) is 26.4. The summed E-state index contributed by atoms with van der Waals surface area (Å²) in [4.78, 5) is 32.5. The van der Waals surface area contributed by atoms with Crippen LogP contribution in [0.15, 0.2) is 60.7 Å². The molecular weight excluding hydrogens is 462 g/mol. The summed E-state index contributed by atoms with van der Waals surface area (Å²) >= 11 is 0. The van der Waals surface area contributed by atoms with E-state index in [1.807, 2.05) is 62.1 Å². The lowest BCUT2D eigenvalue weighted by molar-refractivity contribution is -0.132. The van der Waals surface area contributed by atoms with Crippen molar-refractivity contribution in [2.45, 2.75) is 46.6 Å². The van der Waals surface area contributed by atoms with Gasteiger partial charge in [-0.1, -0.05) is 55.0 Å². The number of carbonyl (C=O) groups excluding carboxylic acids is 2. The Balaban J connectivity index is 1.40.